The van der Waals surface area contributed by atoms with Crippen molar-refractivity contribution in [2.75, 3.05) is 7.11 Å². The van der Waals surface area contributed by atoms with E-state index in [1.165, 1.54) is 31.4 Å². The van der Waals surface area contributed by atoms with Gasteiger partial charge < -0.3 is 10.5 Å². The van der Waals surface area contributed by atoms with Gasteiger partial charge in [0.15, 0.2) is 0 Å². The van der Waals surface area contributed by atoms with Crippen molar-refractivity contribution in [2.45, 2.75) is 19.1 Å². The van der Waals surface area contributed by atoms with Crippen molar-refractivity contribution in [3.63, 3.8) is 0 Å². The van der Waals surface area contributed by atoms with Crippen LogP contribution in [0.4, 0.5) is 4.39 Å². The third-order valence-corrected chi connectivity index (χ3v) is 5.98. The van der Waals surface area contributed by atoms with Crippen LogP contribution < -0.4 is 27.5 Å². The largest absolute Gasteiger partial charge is 0.495 e. The van der Waals surface area contributed by atoms with E-state index in [1.54, 1.807) is 42.5 Å². The van der Waals surface area contributed by atoms with Crippen LogP contribution in [0.15, 0.2) is 87.2 Å². The van der Waals surface area contributed by atoms with Crippen LogP contribution in [0.1, 0.15) is 17.2 Å². The second-order valence-corrected chi connectivity index (χ2v) is 8.16. The maximum Gasteiger partial charge on any atom is 0.341 e. The van der Waals surface area contributed by atoms with Gasteiger partial charge in [-0.3, -0.25) is 0 Å². The van der Waals surface area contributed by atoms with E-state index in [0.717, 1.165) is 13.7 Å². The first-order valence-electron chi connectivity index (χ1n) is 10.7. The molecule has 1 heterocycles. The van der Waals surface area contributed by atoms with Gasteiger partial charge in [-0.2, -0.15) is 0 Å². The quantitative estimate of drug-likeness (QED) is 0.424. The zero-order valence-corrected chi connectivity index (χ0v) is 19.5. The number of hydrogen-bond donors (Lipinski definition) is 1. The molecule has 0 fully saturated rings. The summed E-state index contributed by atoms with van der Waals surface area (Å²) in [5.41, 5.74) is 4.30. The molecule has 0 aliphatic heterocycles. The van der Waals surface area contributed by atoms with E-state index < -0.39 is 35.5 Å². The summed E-state index contributed by atoms with van der Waals surface area (Å²) in [5.74, 6) is -0.363. The smallest absolute Gasteiger partial charge is 0.341 e. The highest BCUT2D eigenvalue weighted by Gasteiger charge is 2.22. The standard InChI is InChI=1S/C25H22ClFN4O4/c1-35-21-13-7-12-20(22(21)26)31-24(33)29(14-17-10-5-6-11-18(17)27)23(32)30(25(31)34)15-19(28)16-8-3-2-4-9-16/h2-13,19H,14-15,28H2,1H3. The van der Waals surface area contributed by atoms with Gasteiger partial charge in [0.05, 0.1) is 25.9 Å². The van der Waals surface area contributed by atoms with Crippen molar-refractivity contribution >= 4 is 11.6 Å². The minimum absolute atomic E-state index is 0.00389. The molecule has 35 heavy (non-hydrogen) atoms. The Kier molecular flexibility index (Phi) is 6.99. The molecule has 0 saturated heterocycles. The number of hydrogen-bond acceptors (Lipinski definition) is 5. The number of rotatable bonds is 7. The first-order valence-corrected chi connectivity index (χ1v) is 11.0. The highest BCUT2D eigenvalue weighted by atomic mass is 35.5. The Labute approximate surface area is 204 Å². The molecule has 0 radical (unpaired) electrons. The molecule has 0 aliphatic rings. The van der Waals surface area contributed by atoms with Gasteiger partial charge in [0.1, 0.15) is 16.6 Å². The van der Waals surface area contributed by atoms with Crippen molar-refractivity contribution < 1.29 is 9.13 Å². The summed E-state index contributed by atoms with van der Waals surface area (Å²) < 4.78 is 22.0. The summed E-state index contributed by atoms with van der Waals surface area (Å²) >= 11 is 6.41. The molecular formula is C25H22ClFN4O4. The van der Waals surface area contributed by atoms with Gasteiger partial charge in [-0.05, 0) is 23.8 Å². The van der Waals surface area contributed by atoms with E-state index in [9.17, 15) is 18.8 Å². The number of nitrogens with zero attached hydrogens (tertiary/aromatic N) is 3. The third kappa shape index (κ3) is 4.68. The van der Waals surface area contributed by atoms with Gasteiger partial charge in [-0.15, -0.1) is 0 Å². The Morgan fingerprint density at radius 1 is 0.886 bits per heavy atom. The Morgan fingerprint density at radius 3 is 2.23 bits per heavy atom. The molecule has 4 aromatic rings. The maximum atomic E-state index is 14.4. The summed E-state index contributed by atoms with van der Waals surface area (Å²) in [6.07, 6.45) is 0. The van der Waals surface area contributed by atoms with E-state index >= 15 is 0 Å². The number of halogens is 2. The summed E-state index contributed by atoms with van der Waals surface area (Å²) in [6.45, 7) is -0.617. The minimum atomic E-state index is -0.970. The summed E-state index contributed by atoms with van der Waals surface area (Å²) in [4.78, 5) is 40.3. The van der Waals surface area contributed by atoms with Gasteiger partial charge in [0.25, 0.3) is 0 Å². The molecule has 10 heteroatoms. The molecule has 1 unspecified atom stereocenters. The Hall–Kier alpha value is -3.95. The van der Waals surface area contributed by atoms with Crippen molar-refractivity contribution in [2.24, 2.45) is 5.73 Å². The van der Waals surface area contributed by atoms with Crippen LogP contribution in [-0.4, -0.2) is 20.8 Å². The second-order valence-electron chi connectivity index (χ2n) is 7.78. The van der Waals surface area contributed by atoms with Crippen LogP contribution >= 0.6 is 11.6 Å². The van der Waals surface area contributed by atoms with Crippen LogP contribution in [-0.2, 0) is 13.1 Å². The molecule has 4 rings (SSSR count). The highest BCUT2D eigenvalue weighted by Crippen LogP contribution is 2.29. The van der Waals surface area contributed by atoms with Crippen LogP contribution in [0.5, 0.6) is 5.75 Å². The average molecular weight is 497 g/mol. The van der Waals surface area contributed by atoms with E-state index in [4.69, 9.17) is 22.1 Å². The van der Waals surface area contributed by atoms with E-state index in [0.29, 0.717) is 5.56 Å². The second kappa shape index (κ2) is 10.1. The maximum absolute atomic E-state index is 14.4. The lowest BCUT2D eigenvalue weighted by Gasteiger charge is -2.18. The van der Waals surface area contributed by atoms with Gasteiger partial charge in [-0.1, -0.05) is 66.2 Å². The monoisotopic (exact) mass is 496 g/mol. The fourth-order valence-corrected chi connectivity index (χ4v) is 4.05. The predicted octanol–water partition coefficient (Wildman–Crippen LogP) is 2.71. The Bertz CT molecular complexity index is 1550. The van der Waals surface area contributed by atoms with E-state index in [1.807, 2.05) is 6.07 Å². The van der Waals surface area contributed by atoms with E-state index in [-0.39, 0.29) is 28.6 Å². The minimum Gasteiger partial charge on any atom is -0.495 e. The lowest BCUT2D eigenvalue weighted by atomic mass is 10.1. The normalized spacial score (nSPS) is 11.9. The van der Waals surface area contributed by atoms with Crippen LogP contribution in [0.2, 0.25) is 5.02 Å². The zero-order chi connectivity index (χ0) is 25.1. The molecule has 2 N–H and O–H groups in total. The lowest BCUT2D eigenvalue weighted by molar-refractivity contribution is 0.414. The van der Waals surface area contributed by atoms with Crippen molar-refractivity contribution in [3.8, 4) is 11.4 Å². The average Bonchev–Trinajstić information content (AvgIpc) is 2.87. The summed E-state index contributed by atoms with van der Waals surface area (Å²) in [5, 5.41) is 0.00389. The molecule has 3 aromatic carbocycles. The van der Waals surface area contributed by atoms with Gasteiger partial charge in [0, 0.05) is 11.6 Å². The summed E-state index contributed by atoms with van der Waals surface area (Å²) in [7, 11) is 1.39. The van der Waals surface area contributed by atoms with Crippen molar-refractivity contribution in [1.29, 1.82) is 0 Å². The molecule has 0 amide bonds. The number of nitrogens with two attached hydrogens (primary N) is 1. The van der Waals surface area contributed by atoms with Crippen LogP contribution in [0, 0.1) is 5.82 Å². The topological polar surface area (TPSA) is 101 Å². The Morgan fingerprint density at radius 2 is 1.54 bits per heavy atom. The van der Waals surface area contributed by atoms with Gasteiger partial charge >= 0.3 is 17.1 Å². The SMILES string of the molecule is COc1cccc(-n2c(=O)n(Cc3ccccc3F)c(=O)n(CC(N)c3ccccc3)c2=O)c1Cl. The molecule has 180 valence electrons. The van der Waals surface area contributed by atoms with Crippen LogP contribution in [0.3, 0.4) is 0 Å². The predicted molar refractivity (Wildman–Crippen MR) is 131 cm³/mol. The molecule has 1 atom stereocenters. The molecular weight excluding hydrogens is 475 g/mol. The van der Waals surface area contributed by atoms with Crippen molar-refractivity contribution in [3.05, 3.63) is 126 Å². The van der Waals surface area contributed by atoms with Gasteiger partial charge in [-0.25, -0.2) is 32.5 Å². The number of ether oxygens (including phenoxy) is 1. The number of benzene rings is 3. The van der Waals surface area contributed by atoms with Crippen molar-refractivity contribution in [1.82, 2.24) is 13.7 Å². The van der Waals surface area contributed by atoms with E-state index in [2.05, 4.69) is 0 Å². The Balaban J connectivity index is 1.97. The number of methoxy groups -OCH3 is 1. The fourth-order valence-electron chi connectivity index (χ4n) is 3.76. The first-order chi connectivity index (χ1) is 16.8. The van der Waals surface area contributed by atoms with Gasteiger partial charge in [0.2, 0.25) is 0 Å². The van der Waals surface area contributed by atoms with Crippen LogP contribution in [0.25, 0.3) is 5.69 Å². The lowest BCUT2D eigenvalue weighted by Crippen LogP contribution is -2.55. The molecule has 0 saturated carbocycles. The number of aromatic nitrogens is 3. The highest BCUT2D eigenvalue weighted by molar-refractivity contribution is 6.33. The molecule has 0 bridgehead atoms. The molecule has 0 spiro atoms. The molecule has 8 nitrogen and oxygen atoms in total. The summed E-state index contributed by atoms with van der Waals surface area (Å²) in [6, 6.07) is 18.5. The molecule has 1 aromatic heterocycles. The first kappa shape index (κ1) is 24.2. The third-order valence-electron chi connectivity index (χ3n) is 5.60. The fraction of sp³-hybridized carbons (Fsp3) is 0.160. The molecule has 0 aliphatic carbocycles. The zero-order valence-electron chi connectivity index (χ0n) is 18.7.